The van der Waals surface area contributed by atoms with Crippen LogP contribution in [0.3, 0.4) is 0 Å². The topological polar surface area (TPSA) is 46.4 Å². The van der Waals surface area contributed by atoms with Crippen LogP contribution in [0, 0.1) is 13.8 Å². The maximum atomic E-state index is 12.0. The Morgan fingerprint density at radius 2 is 1.84 bits per heavy atom. The molecule has 0 atom stereocenters. The molecule has 0 saturated heterocycles. The summed E-state index contributed by atoms with van der Waals surface area (Å²) in [5.74, 6) is -0.236. The summed E-state index contributed by atoms with van der Waals surface area (Å²) in [6.45, 7) is 4.03. The first-order valence-electron chi connectivity index (χ1n) is 7.89. The largest absolute Gasteiger partial charge is 0.318 e. The Labute approximate surface area is 151 Å². The number of nitrogens with zero attached hydrogens (tertiary/aromatic N) is 2. The summed E-state index contributed by atoms with van der Waals surface area (Å²) in [6, 6.07) is 18.7. The third kappa shape index (κ3) is 3.80. The Balaban J connectivity index is 1.80. The number of nitrogens with one attached hydrogen (secondary N) is 1. The van der Waals surface area contributed by atoms with E-state index in [0.29, 0.717) is 10.6 Å². The number of halogens is 1. The van der Waals surface area contributed by atoms with Crippen molar-refractivity contribution < 1.29 is 4.79 Å². The second kappa shape index (κ2) is 7.36. The lowest BCUT2D eigenvalue weighted by molar-refractivity contribution is 0.0955. The Bertz CT molecular complexity index is 929. The number of hydrogen-bond donors (Lipinski definition) is 1. The van der Waals surface area contributed by atoms with Crippen LogP contribution in [0.2, 0.25) is 5.02 Å². The number of carbonyl (C=O) groups is 1. The SMILES string of the molecule is Cc1cc(/C=N\NC(=O)c2ccccc2)c(C)n1-c1cccc(Cl)c1. The second-order valence-electron chi connectivity index (χ2n) is 5.71. The van der Waals surface area contributed by atoms with Crippen molar-refractivity contribution in [2.45, 2.75) is 13.8 Å². The first kappa shape index (κ1) is 17.0. The van der Waals surface area contributed by atoms with E-state index in [1.54, 1.807) is 18.3 Å². The number of carbonyl (C=O) groups excluding carboxylic acids is 1. The molecule has 126 valence electrons. The molecule has 1 N–H and O–H groups in total. The Kier molecular flexibility index (Phi) is 5.00. The van der Waals surface area contributed by atoms with Crippen LogP contribution in [-0.4, -0.2) is 16.7 Å². The number of rotatable bonds is 4. The van der Waals surface area contributed by atoms with Crippen LogP contribution in [-0.2, 0) is 0 Å². The third-order valence-corrected chi connectivity index (χ3v) is 4.18. The van der Waals surface area contributed by atoms with Crippen LogP contribution in [0.1, 0.15) is 27.3 Å². The summed E-state index contributed by atoms with van der Waals surface area (Å²) >= 11 is 6.10. The quantitative estimate of drug-likeness (QED) is 0.545. The molecular weight excluding hydrogens is 334 g/mol. The molecule has 1 amide bonds. The average Bonchev–Trinajstić information content (AvgIpc) is 2.89. The van der Waals surface area contributed by atoms with Gasteiger partial charge in [0.05, 0.1) is 6.21 Å². The van der Waals surface area contributed by atoms with Crippen molar-refractivity contribution in [3.05, 3.63) is 88.2 Å². The first-order valence-corrected chi connectivity index (χ1v) is 8.27. The van der Waals surface area contributed by atoms with E-state index < -0.39 is 0 Å². The molecule has 0 bridgehead atoms. The van der Waals surface area contributed by atoms with E-state index in [1.165, 1.54) is 0 Å². The molecule has 3 rings (SSSR count). The molecule has 0 saturated carbocycles. The van der Waals surface area contributed by atoms with Gasteiger partial charge in [-0.15, -0.1) is 0 Å². The van der Waals surface area contributed by atoms with E-state index in [9.17, 15) is 4.79 Å². The first-order chi connectivity index (χ1) is 12.1. The lowest BCUT2D eigenvalue weighted by Gasteiger charge is -2.09. The van der Waals surface area contributed by atoms with E-state index in [0.717, 1.165) is 22.6 Å². The van der Waals surface area contributed by atoms with Crippen molar-refractivity contribution in [2.75, 3.05) is 0 Å². The van der Waals surface area contributed by atoms with Crippen LogP contribution in [0.4, 0.5) is 0 Å². The van der Waals surface area contributed by atoms with E-state index in [4.69, 9.17) is 11.6 Å². The molecule has 4 nitrogen and oxygen atoms in total. The normalized spacial score (nSPS) is 11.0. The fraction of sp³-hybridized carbons (Fsp3) is 0.100. The van der Waals surface area contributed by atoms with Gasteiger partial charge in [-0.05, 0) is 50.2 Å². The van der Waals surface area contributed by atoms with Gasteiger partial charge < -0.3 is 4.57 Å². The summed E-state index contributed by atoms with van der Waals surface area (Å²) in [5.41, 5.74) is 7.15. The van der Waals surface area contributed by atoms with Gasteiger partial charge in [-0.3, -0.25) is 4.79 Å². The zero-order chi connectivity index (χ0) is 17.8. The molecule has 0 unspecified atom stereocenters. The standard InChI is InChI=1S/C20H18ClN3O/c1-14-11-17(13-22-23-20(25)16-7-4-3-5-8-16)15(2)24(14)19-10-6-9-18(21)12-19/h3-13H,1-2H3,(H,23,25)/b22-13-. The maximum Gasteiger partial charge on any atom is 0.271 e. The number of amides is 1. The summed E-state index contributed by atoms with van der Waals surface area (Å²) in [7, 11) is 0. The predicted molar refractivity (Wildman–Crippen MR) is 102 cm³/mol. The smallest absolute Gasteiger partial charge is 0.271 e. The summed E-state index contributed by atoms with van der Waals surface area (Å²) < 4.78 is 2.10. The molecule has 3 aromatic rings. The Morgan fingerprint density at radius 1 is 1.08 bits per heavy atom. The monoisotopic (exact) mass is 351 g/mol. The van der Waals surface area contributed by atoms with Gasteiger partial charge in [-0.2, -0.15) is 5.10 Å². The molecule has 0 radical (unpaired) electrons. The summed E-state index contributed by atoms with van der Waals surface area (Å²) in [4.78, 5) is 12.0. The van der Waals surface area contributed by atoms with Crippen molar-refractivity contribution in [3.63, 3.8) is 0 Å². The van der Waals surface area contributed by atoms with Gasteiger partial charge in [0, 0.05) is 33.2 Å². The molecule has 0 fully saturated rings. The van der Waals surface area contributed by atoms with Gasteiger partial charge in [-0.1, -0.05) is 35.9 Å². The fourth-order valence-electron chi connectivity index (χ4n) is 2.75. The van der Waals surface area contributed by atoms with Gasteiger partial charge >= 0.3 is 0 Å². The van der Waals surface area contributed by atoms with E-state index in [-0.39, 0.29) is 5.91 Å². The minimum atomic E-state index is -0.236. The molecule has 25 heavy (non-hydrogen) atoms. The highest BCUT2D eigenvalue weighted by Gasteiger charge is 2.10. The molecule has 5 heteroatoms. The molecule has 0 aliphatic rings. The van der Waals surface area contributed by atoms with E-state index in [1.807, 2.05) is 62.4 Å². The van der Waals surface area contributed by atoms with Crippen LogP contribution in [0.15, 0.2) is 65.8 Å². The van der Waals surface area contributed by atoms with Gasteiger partial charge in [0.15, 0.2) is 0 Å². The lowest BCUT2D eigenvalue weighted by Crippen LogP contribution is -2.17. The van der Waals surface area contributed by atoms with Crippen LogP contribution < -0.4 is 5.43 Å². The van der Waals surface area contributed by atoms with Crippen LogP contribution in [0.25, 0.3) is 5.69 Å². The summed E-state index contributed by atoms with van der Waals surface area (Å²) in [6.07, 6.45) is 1.66. The van der Waals surface area contributed by atoms with Crippen molar-refractivity contribution in [2.24, 2.45) is 5.10 Å². The predicted octanol–water partition coefficient (Wildman–Crippen LogP) is 4.51. The van der Waals surface area contributed by atoms with Crippen molar-refractivity contribution in [3.8, 4) is 5.69 Å². The third-order valence-electron chi connectivity index (χ3n) is 3.94. The van der Waals surface area contributed by atoms with E-state index in [2.05, 4.69) is 15.1 Å². The molecule has 2 aromatic carbocycles. The highest BCUT2D eigenvalue weighted by Crippen LogP contribution is 2.22. The van der Waals surface area contributed by atoms with Crippen LogP contribution >= 0.6 is 11.6 Å². The molecule has 1 heterocycles. The van der Waals surface area contributed by atoms with Gasteiger partial charge in [-0.25, -0.2) is 5.43 Å². The zero-order valence-electron chi connectivity index (χ0n) is 14.0. The minimum Gasteiger partial charge on any atom is -0.318 e. The molecule has 1 aromatic heterocycles. The number of aromatic nitrogens is 1. The lowest BCUT2D eigenvalue weighted by atomic mass is 10.2. The molecule has 0 spiro atoms. The highest BCUT2D eigenvalue weighted by molar-refractivity contribution is 6.30. The van der Waals surface area contributed by atoms with Crippen molar-refractivity contribution in [1.82, 2.24) is 9.99 Å². The van der Waals surface area contributed by atoms with Gasteiger partial charge in [0.2, 0.25) is 0 Å². The van der Waals surface area contributed by atoms with Crippen molar-refractivity contribution in [1.29, 1.82) is 0 Å². The minimum absolute atomic E-state index is 0.236. The number of benzene rings is 2. The Hall–Kier alpha value is -2.85. The van der Waals surface area contributed by atoms with Crippen molar-refractivity contribution >= 4 is 23.7 Å². The molecular formula is C20H18ClN3O. The Morgan fingerprint density at radius 3 is 2.56 bits per heavy atom. The highest BCUT2D eigenvalue weighted by atomic mass is 35.5. The summed E-state index contributed by atoms with van der Waals surface area (Å²) in [5, 5.41) is 4.77. The zero-order valence-corrected chi connectivity index (χ0v) is 14.8. The average molecular weight is 352 g/mol. The fourth-order valence-corrected chi connectivity index (χ4v) is 2.93. The second-order valence-corrected chi connectivity index (χ2v) is 6.14. The van der Waals surface area contributed by atoms with Gasteiger partial charge in [0.1, 0.15) is 0 Å². The van der Waals surface area contributed by atoms with Gasteiger partial charge in [0.25, 0.3) is 5.91 Å². The number of hydrogen-bond acceptors (Lipinski definition) is 2. The number of aryl methyl sites for hydroxylation is 1. The van der Waals surface area contributed by atoms with E-state index >= 15 is 0 Å². The van der Waals surface area contributed by atoms with Crippen LogP contribution in [0.5, 0.6) is 0 Å². The maximum absolute atomic E-state index is 12.0. The number of hydrazone groups is 1. The molecule has 0 aliphatic carbocycles. The molecule has 0 aliphatic heterocycles.